The predicted molar refractivity (Wildman–Crippen MR) is 83.6 cm³/mol. The van der Waals surface area contributed by atoms with E-state index in [1.807, 2.05) is 29.2 Å². The van der Waals surface area contributed by atoms with Gasteiger partial charge in [0.1, 0.15) is 11.7 Å². The summed E-state index contributed by atoms with van der Waals surface area (Å²) < 4.78 is 23.0. The van der Waals surface area contributed by atoms with Crippen molar-refractivity contribution in [3.8, 4) is 0 Å². The fourth-order valence-electron chi connectivity index (χ4n) is 2.49. The summed E-state index contributed by atoms with van der Waals surface area (Å²) in [5.41, 5.74) is 7.05. The molecule has 3 rings (SSSR count). The SMILES string of the molecule is N=C(N)c1cc(N2CCS(=O)(=O)CC2)nc2ccccc12. The molecule has 0 radical (unpaired) electrons. The van der Waals surface area contributed by atoms with Crippen LogP contribution in [0.1, 0.15) is 5.56 Å². The normalized spacial score (nSPS) is 17.8. The number of sulfone groups is 1. The Bertz CT molecular complexity index is 803. The molecule has 0 unspecified atom stereocenters. The van der Waals surface area contributed by atoms with Gasteiger partial charge in [-0.15, -0.1) is 0 Å². The molecule has 3 N–H and O–H groups in total. The van der Waals surface area contributed by atoms with E-state index in [1.165, 1.54) is 0 Å². The van der Waals surface area contributed by atoms with Crippen molar-refractivity contribution in [3.63, 3.8) is 0 Å². The van der Waals surface area contributed by atoms with Crippen molar-refractivity contribution >= 4 is 32.4 Å². The van der Waals surface area contributed by atoms with Crippen molar-refractivity contribution in [1.29, 1.82) is 5.41 Å². The lowest BCUT2D eigenvalue weighted by atomic mass is 10.1. The second-order valence-corrected chi connectivity index (χ2v) is 7.40. The molecule has 1 aliphatic rings. The fourth-order valence-corrected chi connectivity index (χ4v) is 3.69. The molecular weight excluding hydrogens is 288 g/mol. The van der Waals surface area contributed by atoms with Gasteiger partial charge in [0.25, 0.3) is 0 Å². The third-order valence-corrected chi connectivity index (χ3v) is 5.27. The first-order chi connectivity index (χ1) is 9.96. The van der Waals surface area contributed by atoms with Crippen LogP contribution in [0, 0.1) is 5.41 Å². The summed E-state index contributed by atoms with van der Waals surface area (Å²) in [7, 11) is -2.93. The molecule has 6 nitrogen and oxygen atoms in total. The monoisotopic (exact) mass is 304 g/mol. The van der Waals surface area contributed by atoms with Crippen LogP contribution in [0.2, 0.25) is 0 Å². The Balaban J connectivity index is 2.06. The van der Waals surface area contributed by atoms with Crippen LogP contribution in [0.15, 0.2) is 30.3 Å². The minimum absolute atomic E-state index is 0.0144. The van der Waals surface area contributed by atoms with Gasteiger partial charge in [-0.2, -0.15) is 0 Å². The van der Waals surface area contributed by atoms with Gasteiger partial charge in [0, 0.05) is 24.0 Å². The molecule has 1 aromatic heterocycles. The van der Waals surface area contributed by atoms with Crippen molar-refractivity contribution in [2.75, 3.05) is 29.5 Å². The van der Waals surface area contributed by atoms with Crippen molar-refractivity contribution in [2.24, 2.45) is 5.73 Å². The zero-order valence-corrected chi connectivity index (χ0v) is 12.2. The lowest BCUT2D eigenvalue weighted by Crippen LogP contribution is -2.40. The third-order valence-electron chi connectivity index (χ3n) is 3.66. The van der Waals surface area contributed by atoms with E-state index in [0.717, 1.165) is 10.9 Å². The van der Waals surface area contributed by atoms with Gasteiger partial charge in [0.15, 0.2) is 9.84 Å². The number of nitrogen functional groups attached to an aromatic ring is 1. The highest BCUT2D eigenvalue weighted by Crippen LogP contribution is 2.23. The molecule has 0 saturated carbocycles. The molecule has 0 amide bonds. The number of anilines is 1. The number of hydrogen-bond acceptors (Lipinski definition) is 5. The molecule has 2 heterocycles. The Morgan fingerprint density at radius 1 is 1.24 bits per heavy atom. The second-order valence-electron chi connectivity index (χ2n) is 5.10. The molecule has 2 aromatic rings. The van der Waals surface area contributed by atoms with Crippen LogP contribution in [0.4, 0.5) is 5.82 Å². The molecular formula is C14H16N4O2S. The number of hydrogen-bond donors (Lipinski definition) is 2. The van der Waals surface area contributed by atoms with E-state index in [0.29, 0.717) is 24.5 Å². The van der Waals surface area contributed by atoms with Gasteiger partial charge in [-0.1, -0.05) is 18.2 Å². The molecule has 0 spiro atoms. The van der Waals surface area contributed by atoms with Crippen molar-refractivity contribution < 1.29 is 8.42 Å². The van der Waals surface area contributed by atoms with Crippen LogP contribution in [-0.4, -0.2) is 43.8 Å². The lowest BCUT2D eigenvalue weighted by Gasteiger charge is -2.28. The van der Waals surface area contributed by atoms with E-state index in [4.69, 9.17) is 11.1 Å². The van der Waals surface area contributed by atoms with E-state index < -0.39 is 9.84 Å². The number of pyridine rings is 1. The summed E-state index contributed by atoms with van der Waals surface area (Å²) >= 11 is 0. The number of aromatic nitrogens is 1. The van der Waals surface area contributed by atoms with Crippen LogP contribution in [0.25, 0.3) is 10.9 Å². The Kier molecular flexibility index (Phi) is 3.29. The maximum atomic E-state index is 11.5. The minimum Gasteiger partial charge on any atom is -0.384 e. The first-order valence-corrected chi connectivity index (χ1v) is 8.48. The van der Waals surface area contributed by atoms with Gasteiger partial charge in [0.2, 0.25) is 0 Å². The minimum atomic E-state index is -2.93. The fraction of sp³-hybridized carbons (Fsp3) is 0.286. The molecule has 21 heavy (non-hydrogen) atoms. The highest BCUT2D eigenvalue weighted by molar-refractivity contribution is 7.91. The van der Waals surface area contributed by atoms with Gasteiger partial charge in [-0.25, -0.2) is 13.4 Å². The summed E-state index contributed by atoms with van der Waals surface area (Å²) in [5, 5.41) is 8.56. The van der Waals surface area contributed by atoms with E-state index in [9.17, 15) is 8.42 Å². The summed E-state index contributed by atoms with van der Waals surface area (Å²) in [5.74, 6) is 0.932. The Morgan fingerprint density at radius 3 is 2.57 bits per heavy atom. The quantitative estimate of drug-likeness (QED) is 0.630. The summed E-state index contributed by atoms with van der Waals surface area (Å²) in [4.78, 5) is 6.50. The molecule has 7 heteroatoms. The molecule has 0 aliphatic carbocycles. The topological polar surface area (TPSA) is 100 Å². The third kappa shape index (κ3) is 2.69. The number of nitrogens with two attached hydrogens (primary N) is 1. The zero-order valence-electron chi connectivity index (χ0n) is 11.4. The molecule has 110 valence electrons. The molecule has 1 saturated heterocycles. The van der Waals surface area contributed by atoms with Crippen molar-refractivity contribution in [3.05, 3.63) is 35.9 Å². The predicted octanol–water partition coefficient (Wildman–Crippen LogP) is 0.754. The van der Waals surface area contributed by atoms with Gasteiger partial charge in [-0.3, -0.25) is 5.41 Å². The number of amidine groups is 1. The van der Waals surface area contributed by atoms with Crippen LogP contribution < -0.4 is 10.6 Å². The van der Waals surface area contributed by atoms with Gasteiger partial charge < -0.3 is 10.6 Å². The largest absolute Gasteiger partial charge is 0.384 e. The summed E-state index contributed by atoms with van der Waals surface area (Å²) in [6, 6.07) is 9.27. The van der Waals surface area contributed by atoms with E-state index in [-0.39, 0.29) is 17.3 Å². The number of nitrogens with zero attached hydrogens (tertiary/aromatic N) is 2. The van der Waals surface area contributed by atoms with Crippen LogP contribution in [0.3, 0.4) is 0 Å². The number of benzene rings is 1. The first-order valence-electron chi connectivity index (χ1n) is 6.66. The second kappa shape index (κ2) is 5.00. The van der Waals surface area contributed by atoms with Crippen LogP contribution >= 0.6 is 0 Å². The highest BCUT2D eigenvalue weighted by atomic mass is 32.2. The Morgan fingerprint density at radius 2 is 1.90 bits per heavy atom. The zero-order chi connectivity index (χ0) is 15.0. The smallest absolute Gasteiger partial charge is 0.153 e. The maximum absolute atomic E-state index is 11.5. The van der Waals surface area contributed by atoms with Crippen molar-refractivity contribution in [1.82, 2.24) is 4.98 Å². The van der Waals surface area contributed by atoms with Gasteiger partial charge in [-0.05, 0) is 12.1 Å². The molecule has 0 atom stereocenters. The summed E-state index contributed by atoms with van der Waals surface area (Å²) in [6.07, 6.45) is 0. The number of fused-ring (bicyclic) bond motifs is 1. The van der Waals surface area contributed by atoms with Gasteiger partial charge >= 0.3 is 0 Å². The number of para-hydroxylation sites is 1. The Hall–Kier alpha value is -2.15. The van der Waals surface area contributed by atoms with Crippen LogP contribution in [0.5, 0.6) is 0 Å². The number of rotatable bonds is 2. The Labute approximate surface area is 123 Å². The van der Waals surface area contributed by atoms with E-state index in [2.05, 4.69) is 4.98 Å². The van der Waals surface area contributed by atoms with E-state index >= 15 is 0 Å². The number of nitrogens with one attached hydrogen (secondary N) is 1. The average Bonchev–Trinajstić information content (AvgIpc) is 2.46. The average molecular weight is 304 g/mol. The van der Waals surface area contributed by atoms with E-state index in [1.54, 1.807) is 6.07 Å². The maximum Gasteiger partial charge on any atom is 0.153 e. The summed E-state index contributed by atoms with van der Waals surface area (Å²) in [6.45, 7) is 0.843. The molecule has 1 aliphatic heterocycles. The molecule has 0 bridgehead atoms. The van der Waals surface area contributed by atoms with Crippen LogP contribution in [-0.2, 0) is 9.84 Å². The molecule has 1 aromatic carbocycles. The van der Waals surface area contributed by atoms with Crippen molar-refractivity contribution in [2.45, 2.75) is 0 Å². The highest BCUT2D eigenvalue weighted by Gasteiger charge is 2.23. The standard InChI is InChI=1S/C14H16N4O2S/c15-14(16)11-9-13(17-12-4-2-1-3-10(11)12)18-5-7-21(19,20)8-6-18/h1-4,9H,5-8H2,(H3,15,16). The first kappa shape index (κ1) is 13.8. The molecule has 1 fully saturated rings. The lowest BCUT2D eigenvalue weighted by molar-refractivity contribution is 0.586. The van der Waals surface area contributed by atoms with Gasteiger partial charge in [0.05, 0.1) is 17.0 Å².